The maximum absolute atomic E-state index is 2.60. The van der Waals surface area contributed by atoms with Crippen molar-refractivity contribution in [3.8, 4) is 5.69 Å². The first-order chi connectivity index (χ1) is 29.6. The molecule has 2 aliphatic rings. The summed E-state index contributed by atoms with van der Waals surface area (Å²) in [7, 11) is 2.30. The number of para-hydroxylation sites is 6. The molecule has 4 nitrogen and oxygen atoms in total. The molecule has 11 aromatic rings. The van der Waals surface area contributed by atoms with Gasteiger partial charge in [0.05, 0.1) is 33.1 Å². The molecule has 0 amide bonds. The second-order valence-corrected chi connectivity index (χ2v) is 16.8. The second kappa shape index (κ2) is 12.2. The maximum atomic E-state index is 2.60. The third-order valence-corrected chi connectivity index (χ3v) is 13.5. The fraction of sp³-hybridized carbons (Fsp3) is 0.0714. The third kappa shape index (κ3) is 4.45. The number of benzene rings is 8. The molecule has 0 radical (unpaired) electrons. The zero-order valence-corrected chi connectivity index (χ0v) is 33.5. The van der Waals surface area contributed by atoms with Crippen LogP contribution in [0.25, 0.3) is 66.3 Å². The molecule has 8 aromatic carbocycles. The van der Waals surface area contributed by atoms with Gasteiger partial charge in [0.2, 0.25) is 0 Å². The van der Waals surface area contributed by atoms with Crippen LogP contribution in [0.1, 0.15) is 24.5 Å². The Labute approximate surface area is 347 Å². The van der Waals surface area contributed by atoms with Crippen molar-refractivity contribution < 1.29 is 0 Å². The van der Waals surface area contributed by atoms with Gasteiger partial charge in [0.15, 0.2) is 0 Å². The predicted octanol–water partition coefficient (Wildman–Crippen LogP) is 12.7. The molecule has 0 saturated carbocycles. The third-order valence-electron chi connectivity index (χ3n) is 13.5. The summed E-state index contributed by atoms with van der Waals surface area (Å²) in [5.41, 5.74) is 15.6. The highest BCUT2D eigenvalue weighted by atomic mass is 15.2. The van der Waals surface area contributed by atoms with Crippen molar-refractivity contribution in [3.63, 3.8) is 0 Å². The average Bonchev–Trinajstić information content (AvgIpc) is 3.94. The molecule has 4 heteroatoms. The number of anilines is 5. The average molecular weight is 769 g/mol. The van der Waals surface area contributed by atoms with E-state index in [9.17, 15) is 0 Å². The van der Waals surface area contributed by atoms with Crippen molar-refractivity contribution in [2.24, 2.45) is 0 Å². The maximum Gasteiger partial charge on any atom is 0.0620 e. The number of hydrogen-bond donors (Lipinski definition) is 0. The number of nitrogens with zero attached hydrogens (tertiary/aromatic N) is 4. The van der Waals surface area contributed by atoms with Crippen LogP contribution in [-0.4, -0.2) is 16.0 Å². The van der Waals surface area contributed by atoms with E-state index >= 15 is 0 Å². The van der Waals surface area contributed by atoms with Crippen LogP contribution in [0.2, 0.25) is 0 Å². The fourth-order valence-corrected chi connectivity index (χ4v) is 11.0. The first kappa shape index (κ1) is 33.4. The second-order valence-electron chi connectivity index (χ2n) is 16.8. The van der Waals surface area contributed by atoms with Crippen molar-refractivity contribution in [1.82, 2.24) is 8.97 Å². The lowest BCUT2D eigenvalue weighted by Crippen LogP contribution is -2.40. The van der Waals surface area contributed by atoms with Crippen molar-refractivity contribution in [3.05, 3.63) is 210 Å². The van der Waals surface area contributed by atoms with Crippen molar-refractivity contribution in [2.75, 3.05) is 16.8 Å². The number of hydrogen-bond acceptors (Lipinski definition) is 2. The van der Waals surface area contributed by atoms with Crippen LogP contribution >= 0.6 is 0 Å². The van der Waals surface area contributed by atoms with Gasteiger partial charge in [-0.15, -0.1) is 0 Å². The van der Waals surface area contributed by atoms with Crippen LogP contribution in [0.4, 0.5) is 28.4 Å². The molecular weight excluding hydrogens is 729 g/mol. The minimum Gasteiger partial charge on any atom is -0.343 e. The lowest BCUT2D eigenvalue weighted by molar-refractivity contribution is 0.639. The summed E-state index contributed by atoms with van der Waals surface area (Å²) in [5, 5.41) is 9.11. The Bertz CT molecular complexity index is 3620. The normalized spacial score (nSPS) is 15.9. The molecule has 3 aromatic heterocycles. The molecule has 1 aliphatic carbocycles. The molecular formula is C56H40N4. The molecule has 1 atom stereocenters. The highest BCUT2D eigenvalue weighted by Gasteiger charge is 2.38. The number of rotatable bonds is 4. The summed E-state index contributed by atoms with van der Waals surface area (Å²) < 4.78 is 5.02. The Morgan fingerprint density at radius 1 is 0.533 bits per heavy atom. The molecule has 4 heterocycles. The number of aromatic nitrogens is 2. The quantitative estimate of drug-likeness (QED) is 0.177. The molecule has 60 heavy (non-hydrogen) atoms. The summed E-state index contributed by atoms with van der Waals surface area (Å²) >= 11 is 0. The standard InChI is InChI=1S/C56H40N4/c1-56-34-45(52-44-26-16-25-41-40-23-12-14-27-47(40)60(54(41)44)51(52)35-56)42-30-32-49-53(43-24-13-15-28-48(43)59(49)38-21-10-5-11-22-38)55(42)57(2)50-33-39(29-31-46(50)56)58(36-17-6-3-7-18-36)37-19-8-4-9-20-37/h3-33,35H,34H2,1-2H3. The van der Waals surface area contributed by atoms with Gasteiger partial charge in [0, 0.05) is 78.6 Å². The first-order valence-electron chi connectivity index (χ1n) is 21.0. The predicted molar refractivity (Wildman–Crippen MR) is 252 cm³/mol. The Balaban J connectivity index is 1.20. The van der Waals surface area contributed by atoms with Crippen LogP contribution in [-0.2, 0) is 5.41 Å². The van der Waals surface area contributed by atoms with Crippen molar-refractivity contribution in [2.45, 2.75) is 18.8 Å². The van der Waals surface area contributed by atoms with E-state index in [1.807, 2.05) is 0 Å². The van der Waals surface area contributed by atoms with E-state index in [2.05, 4.69) is 227 Å². The van der Waals surface area contributed by atoms with Gasteiger partial charge in [-0.05, 0) is 90.4 Å². The fourth-order valence-electron chi connectivity index (χ4n) is 11.0. The molecule has 0 spiro atoms. The van der Waals surface area contributed by atoms with E-state index in [1.54, 1.807) is 0 Å². The van der Waals surface area contributed by atoms with Crippen LogP contribution in [0, 0.1) is 0 Å². The van der Waals surface area contributed by atoms with Gasteiger partial charge in [-0.2, -0.15) is 0 Å². The summed E-state index contributed by atoms with van der Waals surface area (Å²) in [5.74, 6) is 0. The van der Waals surface area contributed by atoms with E-state index in [1.165, 1.54) is 87.6 Å². The minimum absolute atomic E-state index is 0.314. The van der Waals surface area contributed by atoms with Crippen LogP contribution in [0.3, 0.4) is 0 Å². The van der Waals surface area contributed by atoms with Gasteiger partial charge in [-0.25, -0.2) is 0 Å². The Morgan fingerprint density at radius 3 is 1.92 bits per heavy atom. The molecule has 13 rings (SSSR count). The summed E-state index contributed by atoms with van der Waals surface area (Å²) in [6.07, 6.45) is 3.48. The topological polar surface area (TPSA) is 15.8 Å². The Morgan fingerprint density at radius 2 is 1.17 bits per heavy atom. The van der Waals surface area contributed by atoms with Gasteiger partial charge in [0.25, 0.3) is 0 Å². The summed E-state index contributed by atoms with van der Waals surface area (Å²) in [6.45, 7) is 2.46. The summed E-state index contributed by atoms with van der Waals surface area (Å²) in [4.78, 5) is 4.91. The molecule has 0 saturated heterocycles. The van der Waals surface area contributed by atoms with Crippen molar-refractivity contribution in [1.29, 1.82) is 0 Å². The van der Waals surface area contributed by atoms with Crippen LogP contribution in [0.15, 0.2) is 188 Å². The van der Waals surface area contributed by atoms with Gasteiger partial charge < -0.3 is 18.8 Å². The monoisotopic (exact) mass is 768 g/mol. The largest absolute Gasteiger partial charge is 0.343 e. The van der Waals surface area contributed by atoms with Gasteiger partial charge >= 0.3 is 0 Å². The number of fused-ring (bicyclic) bond motifs is 16. The first-order valence-corrected chi connectivity index (χ1v) is 21.0. The molecule has 1 unspecified atom stereocenters. The van der Waals surface area contributed by atoms with E-state index in [4.69, 9.17) is 0 Å². The van der Waals surface area contributed by atoms with E-state index < -0.39 is 0 Å². The molecule has 0 N–H and O–H groups in total. The molecule has 284 valence electrons. The van der Waals surface area contributed by atoms with E-state index in [0.717, 1.165) is 29.2 Å². The van der Waals surface area contributed by atoms with E-state index in [0.29, 0.717) is 0 Å². The van der Waals surface area contributed by atoms with Crippen LogP contribution < -0.4 is 20.4 Å². The highest BCUT2D eigenvalue weighted by molar-refractivity contribution is 6.19. The lowest BCUT2D eigenvalue weighted by Gasteiger charge is -2.40. The minimum atomic E-state index is -0.314. The van der Waals surface area contributed by atoms with Gasteiger partial charge in [-0.1, -0.05) is 128 Å². The van der Waals surface area contributed by atoms with Gasteiger partial charge in [0.1, 0.15) is 0 Å². The summed E-state index contributed by atoms with van der Waals surface area (Å²) in [6, 6.07) is 69.2. The smallest absolute Gasteiger partial charge is 0.0620 e. The molecule has 2 bridgehead atoms. The SMILES string of the molecule is CN1c2cc(N(c3ccccc3)c3ccccc3)ccc2C2(C)C=c3c(c4cccc5c6ccccc6n3c45)=C(C2)c2ccc3c(c21)c1ccccc1n3-c1ccccc1. The lowest BCUT2D eigenvalue weighted by atomic mass is 9.70. The zero-order valence-electron chi connectivity index (χ0n) is 33.5. The van der Waals surface area contributed by atoms with E-state index in [-0.39, 0.29) is 5.41 Å². The van der Waals surface area contributed by atoms with Gasteiger partial charge in [-0.3, -0.25) is 0 Å². The van der Waals surface area contributed by atoms with Crippen molar-refractivity contribution >= 4 is 89.1 Å². The molecule has 1 aliphatic heterocycles. The Hall–Kier alpha value is -7.56. The Kier molecular flexibility index (Phi) is 6.81. The zero-order chi connectivity index (χ0) is 39.7. The highest BCUT2D eigenvalue weighted by Crippen LogP contribution is 2.52. The van der Waals surface area contributed by atoms with Crippen LogP contribution in [0.5, 0.6) is 0 Å². The molecule has 0 fully saturated rings.